The maximum absolute atomic E-state index is 15.7. The van der Waals surface area contributed by atoms with Gasteiger partial charge in [0.05, 0.1) is 48.1 Å². The lowest BCUT2D eigenvalue weighted by molar-refractivity contribution is 0.0937. The summed E-state index contributed by atoms with van der Waals surface area (Å²) >= 11 is 1.37. The van der Waals surface area contributed by atoms with E-state index in [0.29, 0.717) is 29.2 Å². The Hall–Kier alpha value is -4.36. The summed E-state index contributed by atoms with van der Waals surface area (Å²) in [5.74, 6) is 5.05. The van der Waals surface area contributed by atoms with Gasteiger partial charge >= 0.3 is 0 Å². The van der Waals surface area contributed by atoms with Gasteiger partial charge in [-0.15, -0.1) is 0 Å². The van der Waals surface area contributed by atoms with E-state index in [0.717, 1.165) is 16.8 Å². The van der Waals surface area contributed by atoms with Crippen molar-refractivity contribution >= 4 is 23.2 Å². The summed E-state index contributed by atoms with van der Waals surface area (Å²) in [6, 6.07) is 0.00363. The van der Waals surface area contributed by atoms with Gasteiger partial charge in [0.1, 0.15) is 17.3 Å². The van der Waals surface area contributed by atoms with Gasteiger partial charge in [-0.25, -0.2) is 20.2 Å². The van der Waals surface area contributed by atoms with Crippen molar-refractivity contribution in [2.24, 2.45) is 10.8 Å². The highest BCUT2D eigenvalue weighted by Gasteiger charge is 2.50. The molecule has 2 aromatic rings. The molecule has 10 nitrogen and oxygen atoms in total. The Balaban J connectivity index is 1.36. The molecule has 0 saturated heterocycles. The number of pyridine rings is 1. The maximum atomic E-state index is 15.7. The number of rotatable bonds is 4. The van der Waals surface area contributed by atoms with Crippen LogP contribution in [0.15, 0.2) is 95.0 Å². The Morgan fingerprint density at radius 1 is 1.28 bits per heavy atom. The zero-order chi connectivity index (χ0) is 27.1. The minimum absolute atomic E-state index is 0.0371. The summed E-state index contributed by atoms with van der Waals surface area (Å²) in [6.07, 6.45) is 14.3. The lowest BCUT2D eigenvalue weighted by Crippen LogP contribution is -2.45. The molecule has 1 spiro atoms. The average Bonchev–Trinajstić information content (AvgIpc) is 2.96. The quantitative estimate of drug-likeness (QED) is 0.436. The van der Waals surface area contributed by atoms with E-state index in [2.05, 4.69) is 25.3 Å². The minimum atomic E-state index is -0.907. The molecule has 3 N–H and O–H groups in total. The third-order valence-corrected chi connectivity index (χ3v) is 7.89. The summed E-state index contributed by atoms with van der Waals surface area (Å²) in [5, 5.41) is 3.84. The molecule has 0 radical (unpaired) electrons. The van der Waals surface area contributed by atoms with E-state index >= 15 is 4.39 Å². The fourth-order valence-corrected chi connectivity index (χ4v) is 5.89. The zero-order valence-corrected chi connectivity index (χ0v) is 21.2. The molecule has 4 aliphatic rings. The van der Waals surface area contributed by atoms with E-state index in [9.17, 15) is 9.18 Å². The predicted molar refractivity (Wildman–Crippen MR) is 139 cm³/mol. The van der Waals surface area contributed by atoms with Crippen molar-refractivity contribution in [3.05, 3.63) is 107 Å². The molecule has 2 unspecified atom stereocenters. The fraction of sp³-hybridized carbons (Fsp3) is 0.192. The number of amides is 1. The number of thioether (sulfide) groups is 1. The monoisotopic (exact) mass is 549 g/mol. The Bertz CT molecular complexity index is 1540. The van der Waals surface area contributed by atoms with Crippen LogP contribution in [-0.4, -0.2) is 49.3 Å². The number of ether oxygens (including phenoxy) is 2. The van der Waals surface area contributed by atoms with Crippen LogP contribution in [0.2, 0.25) is 0 Å². The molecule has 0 saturated carbocycles. The SMILES string of the molecule is COc1cnc(C(=O)NC2C=CC3=C(C2)[C@@]2(C=CN=CS2)C2=CC(c4cncc(F)c4)N(N)C(F)=C2O3)cn1. The Labute approximate surface area is 225 Å². The van der Waals surface area contributed by atoms with Crippen LogP contribution in [-0.2, 0) is 4.74 Å². The van der Waals surface area contributed by atoms with E-state index in [1.54, 1.807) is 30.0 Å². The molecule has 0 bridgehead atoms. The predicted octanol–water partition coefficient (Wildman–Crippen LogP) is 3.39. The highest BCUT2D eigenvalue weighted by atomic mass is 32.2. The van der Waals surface area contributed by atoms with Crippen molar-refractivity contribution in [1.82, 2.24) is 25.3 Å². The first-order chi connectivity index (χ1) is 18.9. The third-order valence-electron chi connectivity index (χ3n) is 6.69. The van der Waals surface area contributed by atoms with Gasteiger partial charge in [0, 0.05) is 23.5 Å². The van der Waals surface area contributed by atoms with Crippen molar-refractivity contribution in [3.63, 3.8) is 0 Å². The Morgan fingerprint density at radius 2 is 2.15 bits per heavy atom. The first kappa shape index (κ1) is 24.9. The summed E-state index contributed by atoms with van der Waals surface area (Å²) in [5.41, 5.74) is 3.48. The summed E-state index contributed by atoms with van der Waals surface area (Å²) in [4.78, 5) is 29.1. The fourth-order valence-electron chi connectivity index (χ4n) is 4.84. The first-order valence-electron chi connectivity index (χ1n) is 11.8. The molecule has 6 rings (SSSR count). The average molecular weight is 550 g/mol. The number of methoxy groups -OCH3 is 1. The van der Waals surface area contributed by atoms with E-state index in [1.807, 2.05) is 6.08 Å². The molecule has 198 valence electrons. The lowest BCUT2D eigenvalue weighted by atomic mass is 9.78. The number of hydrogen-bond acceptors (Lipinski definition) is 10. The van der Waals surface area contributed by atoms with Gasteiger partial charge in [-0.3, -0.25) is 19.8 Å². The second-order valence-corrected chi connectivity index (χ2v) is 10.0. The molecule has 3 atom stereocenters. The van der Waals surface area contributed by atoms with Crippen LogP contribution in [0.25, 0.3) is 0 Å². The molecule has 0 aromatic carbocycles. The van der Waals surface area contributed by atoms with Crippen LogP contribution >= 0.6 is 11.8 Å². The van der Waals surface area contributed by atoms with Crippen LogP contribution in [0.4, 0.5) is 8.78 Å². The maximum Gasteiger partial charge on any atom is 0.271 e. The van der Waals surface area contributed by atoms with Gasteiger partial charge in [-0.2, -0.15) is 4.39 Å². The number of nitrogens with zero attached hydrogens (tertiary/aromatic N) is 5. The number of carbonyl (C=O) groups excluding carboxylic acids is 1. The van der Waals surface area contributed by atoms with Gasteiger partial charge in [-0.05, 0) is 36.3 Å². The lowest BCUT2D eigenvalue weighted by Gasteiger charge is -2.45. The third kappa shape index (κ3) is 4.29. The molecular formula is C26H21F2N7O3S. The van der Waals surface area contributed by atoms with Crippen LogP contribution in [0.1, 0.15) is 28.5 Å². The van der Waals surface area contributed by atoms with Gasteiger partial charge in [0.15, 0.2) is 5.76 Å². The van der Waals surface area contributed by atoms with Crippen molar-refractivity contribution < 1.29 is 23.0 Å². The van der Waals surface area contributed by atoms with Crippen molar-refractivity contribution in [2.45, 2.75) is 23.3 Å². The second-order valence-electron chi connectivity index (χ2n) is 8.94. The van der Waals surface area contributed by atoms with Crippen LogP contribution in [0, 0.1) is 5.82 Å². The van der Waals surface area contributed by atoms with Crippen molar-refractivity contribution in [3.8, 4) is 5.88 Å². The molecule has 13 heteroatoms. The molecule has 3 aliphatic heterocycles. The number of hydrogen-bond donors (Lipinski definition) is 2. The molecule has 1 aliphatic carbocycles. The number of aliphatic imine (C=N–C) groups is 1. The largest absolute Gasteiger partial charge is 0.480 e. The number of nitrogens with one attached hydrogen (secondary N) is 1. The Kier molecular flexibility index (Phi) is 6.23. The molecular weight excluding hydrogens is 528 g/mol. The summed E-state index contributed by atoms with van der Waals surface area (Å²) in [6.45, 7) is 0. The first-order valence-corrected chi connectivity index (χ1v) is 12.7. The highest BCUT2D eigenvalue weighted by molar-refractivity contribution is 8.13. The molecule has 0 fully saturated rings. The number of hydrazine groups is 1. The van der Waals surface area contributed by atoms with Crippen LogP contribution in [0.3, 0.4) is 0 Å². The van der Waals surface area contributed by atoms with Crippen molar-refractivity contribution in [1.29, 1.82) is 0 Å². The number of carbonyl (C=O) groups is 1. The standard InChI is InChI=1S/C26H21F2N7O3S/c1-37-22-12-32-19(11-33-22)25(36)34-16-2-3-21-17(7-16)26(4-5-30-13-39-26)18-8-20(14-6-15(27)10-31-9-14)35(29)24(28)23(18)38-21/h2-6,8-13,16,20H,7,29H2,1H3,(H,34,36)/t16?,20?,26-/m0/s1. The van der Waals surface area contributed by atoms with E-state index < -0.39 is 34.5 Å². The van der Waals surface area contributed by atoms with Crippen molar-refractivity contribution in [2.75, 3.05) is 7.11 Å². The smallest absolute Gasteiger partial charge is 0.271 e. The number of nitrogens with two attached hydrogens (primary N) is 1. The number of halogens is 2. The van der Waals surface area contributed by atoms with Crippen LogP contribution < -0.4 is 15.9 Å². The van der Waals surface area contributed by atoms with Gasteiger partial charge < -0.3 is 14.8 Å². The highest BCUT2D eigenvalue weighted by Crippen LogP contribution is 2.55. The zero-order valence-electron chi connectivity index (χ0n) is 20.4. The van der Waals surface area contributed by atoms with E-state index in [4.69, 9.17) is 15.3 Å². The molecule has 1 amide bonds. The molecule has 5 heterocycles. The normalized spacial score (nSPS) is 25.2. The topological polar surface area (TPSA) is 128 Å². The Morgan fingerprint density at radius 3 is 2.87 bits per heavy atom. The number of fused-ring (bicyclic) bond motifs is 3. The van der Waals surface area contributed by atoms with E-state index in [-0.39, 0.29) is 11.5 Å². The summed E-state index contributed by atoms with van der Waals surface area (Å²) in [7, 11) is 1.46. The second kappa shape index (κ2) is 9.75. The number of allylic oxidation sites excluding steroid dienone is 2. The molecule has 39 heavy (non-hydrogen) atoms. The van der Waals surface area contributed by atoms with Gasteiger partial charge in [0.25, 0.3) is 5.91 Å². The minimum Gasteiger partial charge on any atom is -0.480 e. The van der Waals surface area contributed by atoms with E-state index in [1.165, 1.54) is 43.5 Å². The van der Waals surface area contributed by atoms with Crippen LogP contribution in [0.5, 0.6) is 5.88 Å². The molecule has 2 aromatic heterocycles. The number of aromatic nitrogens is 3. The summed E-state index contributed by atoms with van der Waals surface area (Å²) < 4.78 is 39.9. The van der Waals surface area contributed by atoms with Gasteiger partial charge in [-0.1, -0.05) is 17.8 Å². The van der Waals surface area contributed by atoms with Gasteiger partial charge in [0.2, 0.25) is 11.8 Å².